The van der Waals surface area contributed by atoms with E-state index in [1.165, 1.54) is 0 Å². The summed E-state index contributed by atoms with van der Waals surface area (Å²) in [5.74, 6) is 1.35. The second kappa shape index (κ2) is 6.16. The first-order chi connectivity index (χ1) is 12.3. The molecule has 124 valence electrons. The van der Waals surface area contributed by atoms with Gasteiger partial charge < -0.3 is 15.0 Å². The number of ether oxygens (including phenoxy) is 1. The van der Waals surface area contributed by atoms with Crippen molar-refractivity contribution in [3.63, 3.8) is 0 Å². The maximum absolute atomic E-state index is 12.4. The summed E-state index contributed by atoms with van der Waals surface area (Å²) in [5.41, 5.74) is 3.13. The summed E-state index contributed by atoms with van der Waals surface area (Å²) in [7, 11) is 1.62. The Kier molecular flexibility index (Phi) is 3.70. The molecule has 0 spiro atoms. The van der Waals surface area contributed by atoms with Gasteiger partial charge in [0.25, 0.3) is 5.91 Å². The lowest BCUT2D eigenvalue weighted by Crippen LogP contribution is -2.13. The Morgan fingerprint density at radius 3 is 2.80 bits per heavy atom. The highest BCUT2D eigenvalue weighted by molar-refractivity contribution is 6.31. The topological polar surface area (TPSA) is 70.2 Å². The molecule has 1 aliphatic rings. The number of hydrogen-bond donors (Lipinski definition) is 2. The first kappa shape index (κ1) is 15.0. The molecular weight excluding hydrogens is 316 g/mol. The van der Waals surface area contributed by atoms with Gasteiger partial charge >= 0.3 is 0 Å². The summed E-state index contributed by atoms with van der Waals surface area (Å²) < 4.78 is 5.32. The second-order valence-electron chi connectivity index (χ2n) is 5.56. The van der Waals surface area contributed by atoms with Crippen LogP contribution >= 0.6 is 0 Å². The molecule has 1 aromatic heterocycles. The minimum absolute atomic E-state index is 0.131. The molecule has 3 aromatic rings. The average Bonchev–Trinajstić information content (AvgIpc) is 3.27. The standard InChI is InChI=1S/C19H16N4O2/c1-25-14-6-4-5-13(11-14)23(18-9-10-20-22-18)12-16-15-7-2-3-8-17(15)21-19(16)24/h2-12H,1H3,(H,20,22)(H,21,24). The van der Waals surface area contributed by atoms with Crippen LogP contribution in [0.1, 0.15) is 5.56 Å². The van der Waals surface area contributed by atoms with Crippen molar-refractivity contribution in [1.82, 2.24) is 10.2 Å². The number of H-pyrrole nitrogens is 1. The van der Waals surface area contributed by atoms with E-state index < -0.39 is 0 Å². The zero-order valence-electron chi connectivity index (χ0n) is 13.6. The third-order valence-corrected chi connectivity index (χ3v) is 4.05. The molecule has 2 heterocycles. The molecule has 0 bridgehead atoms. The van der Waals surface area contributed by atoms with Crippen molar-refractivity contribution >= 4 is 28.7 Å². The smallest absolute Gasteiger partial charge is 0.257 e. The molecule has 0 fully saturated rings. The predicted molar refractivity (Wildman–Crippen MR) is 96.8 cm³/mol. The molecule has 25 heavy (non-hydrogen) atoms. The molecule has 0 atom stereocenters. The van der Waals surface area contributed by atoms with Gasteiger partial charge in [-0.1, -0.05) is 24.3 Å². The number of aromatic amines is 1. The van der Waals surface area contributed by atoms with Crippen LogP contribution in [0.15, 0.2) is 67.0 Å². The number of carbonyl (C=O) groups excluding carboxylic acids is 1. The lowest BCUT2D eigenvalue weighted by atomic mass is 10.1. The lowest BCUT2D eigenvalue weighted by Gasteiger charge is -2.20. The largest absolute Gasteiger partial charge is 0.497 e. The Balaban J connectivity index is 1.84. The van der Waals surface area contributed by atoms with Gasteiger partial charge in [-0.25, -0.2) is 0 Å². The van der Waals surface area contributed by atoms with E-state index in [0.29, 0.717) is 5.57 Å². The fourth-order valence-corrected chi connectivity index (χ4v) is 2.82. The number of methoxy groups -OCH3 is 1. The van der Waals surface area contributed by atoms with Crippen LogP contribution < -0.4 is 15.0 Å². The molecule has 0 unspecified atom stereocenters. The van der Waals surface area contributed by atoms with Gasteiger partial charge in [0.05, 0.1) is 24.6 Å². The second-order valence-corrected chi connectivity index (χ2v) is 5.56. The number of amides is 1. The normalized spacial score (nSPS) is 14.3. The van der Waals surface area contributed by atoms with Gasteiger partial charge in [0.2, 0.25) is 0 Å². The van der Waals surface area contributed by atoms with Crippen LogP contribution in [-0.2, 0) is 4.79 Å². The monoisotopic (exact) mass is 332 g/mol. The van der Waals surface area contributed by atoms with Crippen molar-refractivity contribution in [1.29, 1.82) is 0 Å². The predicted octanol–water partition coefficient (Wildman–Crippen LogP) is 3.55. The Bertz CT molecular complexity index is 948. The van der Waals surface area contributed by atoms with Crippen molar-refractivity contribution in [2.45, 2.75) is 0 Å². The highest BCUT2D eigenvalue weighted by atomic mass is 16.5. The minimum Gasteiger partial charge on any atom is -0.497 e. The number of benzene rings is 2. The Labute approximate surface area is 144 Å². The third-order valence-electron chi connectivity index (χ3n) is 4.05. The van der Waals surface area contributed by atoms with E-state index >= 15 is 0 Å². The number of carbonyl (C=O) groups is 1. The molecule has 2 N–H and O–H groups in total. The summed E-state index contributed by atoms with van der Waals surface area (Å²) in [4.78, 5) is 14.3. The van der Waals surface area contributed by atoms with Gasteiger partial charge in [-0.2, -0.15) is 5.10 Å². The maximum Gasteiger partial charge on any atom is 0.257 e. The molecule has 1 aliphatic heterocycles. The zero-order chi connectivity index (χ0) is 17.2. The number of aromatic nitrogens is 2. The highest BCUT2D eigenvalue weighted by Crippen LogP contribution is 2.34. The number of rotatable bonds is 4. The van der Waals surface area contributed by atoms with E-state index in [1.807, 2.05) is 65.7 Å². The average molecular weight is 332 g/mol. The van der Waals surface area contributed by atoms with Crippen LogP contribution in [0.4, 0.5) is 17.2 Å². The Hall–Kier alpha value is -3.54. The summed E-state index contributed by atoms with van der Waals surface area (Å²) in [6.45, 7) is 0. The quantitative estimate of drug-likeness (QED) is 0.717. The van der Waals surface area contributed by atoms with Crippen LogP contribution in [0.3, 0.4) is 0 Å². The van der Waals surface area contributed by atoms with Crippen LogP contribution in [0.25, 0.3) is 5.57 Å². The van der Waals surface area contributed by atoms with Crippen molar-refractivity contribution in [2.75, 3.05) is 17.3 Å². The number of anilines is 3. The maximum atomic E-state index is 12.4. The molecule has 1 amide bonds. The Morgan fingerprint density at radius 2 is 2.00 bits per heavy atom. The third kappa shape index (κ3) is 2.74. The van der Waals surface area contributed by atoms with Crippen molar-refractivity contribution in [3.05, 3.63) is 72.6 Å². The van der Waals surface area contributed by atoms with Gasteiger partial charge in [-0.15, -0.1) is 0 Å². The van der Waals surface area contributed by atoms with Crippen molar-refractivity contribution in [3.8, 4) is 5.75 Å². The molecule has 4 rings (SSSR count). The summed E-state index contributed by atoms with van der Waals surface area (Å²) in [6.07, 6.45) is 3.48. The fourth-order valence-electron chi connectivity index (χ4n) is 2.82. The number of nitrogens with one attached hydrogen (secondary N) is 2. The van der Waals surface area contributed by atoms with Crippen molar-refractivity contribution < 1.29 is 9.53 Å². The molecule has 6 nitrogen and oxygen atoms in total. The SMILES string of the molecule is COc1cccc(N(C=C2C(=O)Nc3ccccc32)c2ccn[nH]2)c1. The fraction of sp³-hybridized carbons (Fsp3) is 0.0526. The van der Waals surface area contributed by atoms with E-state index in [1.54, 1.807) is 13.3 Å². The molecule has 2 aromatic carbocycles. The molecule has 6 heteroatoms. The van der Waals surface area contributed by atoms with E-state index in [-0.39, 0.29) is 5.91 Å². The van der Waals surface area contributed by atoms with E-state index in [2.05, 4.69) is 15.5 Å². The molecule has 0 saturated carbocycles. The summed E-state index contributed by atoms with van der Waals surface area (Å²) >= 11 is 0. The van der Waals surface area contributed by atoms with Crippen LogP contribution in [0.5, 0.6) is 5.75 Å². The number of para-hydroxylation sites is 1. The molecule has 0 saturated heterocycles. The molecule has 0 aliphatic carbocycles. The number of nitrogens with zero attached hydrogens (tertiary/aromatic N) is 2. The van der Waals surface area contributed by atoms with Crippen LogP contribution in [0.2, 0.25) is 0 Å². The zero-order valence-corrected chi connectivity index (χ0v) is 13.6. The first-order valence-electron chi connectivity index (χ1n) is 7.81. The first-order valence-corrected chi connectivity index (χ1v) is 7.81. The summed E-state index contributed by atoms with van der Waals surface area (Å²) in [5, 5.41) is 9.85. The summed E-state index contributed by atoms with van der Waals surface area (Å²) in [6, 6.07) is 17.1. The minimum atomic E-state index is -0.131. The van der Waals surface area contributed by atoms with E-state index in [4.69, 9.17) is 4.74 Å². The van der Waals surface area contributed by atoms with Gasteiger partial charge in [0, 0.05) is 29.6 Å². The molecular formula is C19H16N4O2. The van der Waals surface area contributed by atoms with Gasteiger partial charge in [0.1, 0.15) is 11.6 Å². The van der Waals surface area contributed by atoms with E-state index in [9.17, 15) is 4.79 Å². The lowest BCUT2D eigenvalue weighted by molar-refractivity contribution is -0.110. The van der Waals surface area contributed by atoms with Crippen LogP contribution in [-0.4, -0.2) is 23.2 Å². The van der Waals surface area contributed by atoms with E-state index in [0.717, 1.165) is 28.5 Å². The number of fused-ring (bicyclic) bond motifs is 1. The van der Waals surface area contributed by atoms with Gasteiger partial charge in [-0.05, 0) is 18.2 Å². The van der Waals surface area contributed by atoms with Gasteiger partial charge in [0.15, 0.2) is 0 Å². The number of hydrogen-bond acceptors (Lipinski definition) is 4. The highest BCUT2D eigenvalue weighted by Gasteiger charge is 2.25. The Morgan fingerprint density at radius 1 is 1.12 bits per heavy atom. The van der Waals surface area contributed by atoms with Crippen LogP contribution in [0, 0.1) is 0 Å². The van der Waals surface area contributed by atoms with Gasteiger partial charge in [-0.3, -0.25) is 9.89 Å². The van der Waals surface area contributed by atoms with Crippen molar-refractivity contribution in [2.24, 2.45) is 0 Å². The molecule has 0 radical (unpaired) electrons.